The second-order valence-corrected chi connectivity index (χ2v) is 8.83. The van der Waals surface area contributed by atoms with Gasteiger partial charge in [0, 0.05) is 44.5 Å². The average molecular weight is 498 g/mol. The lowest BCUT2D eigenvalue weighted by Crippen LogP contribution is -2.40. The minimum Gasteiger partial charge on any atom is -0.488 e. The van der Waals surface area contributed by atoms with Crippen LogP contribution in [-0.4, -0.2) is 62.9 Å². The number of nitrogens with zero attached hydrogens (tertiary/aromatic N) is 5. The summed E-state index contributed by atoms with van der Waals surface area (Å²) in [4.78, 5) is 29.0. The molecule has 0 N–H and O–H groups in total. The number of hydrogen-bond acceptors (Lipinski definition) is 7. The molecule has 0 saturated carbocycles. The molecule has 1 amide bonds. The molecule has 1 aliphatic rings. The Morgan fingerprint density at radius 2 is 1.78 bits per heavy atom. The number of ketones is 1. The van der Waals surface area contributed by atoms with E-state index in [1.54, 1.807) is 46.4 Å². The summed E-state index contributed by atoms with van der Waals surface area (Å²) in [6, 6.07) is 14.9. The van der Waals surface area contributed by atoms with E-state index in [4.69, 9.17) is 9.47 Å². The molecule has 0 spiro atoms. The Balaban J connectivity index is 1.58. The van der Waals surface area contributed by atoms with Gasteiger partial charge in [0.15, 0.2) is 5.78 Å². The average Bonchev–Trinajstić information content (AvgIpc) is 3.38. The van der Waals surface area contributed by atoms with Crippen molar-refractivity contribution in [1.82, 2.24) is 24.9 Å². The lowest BCUT2D eigenvalue weighted by molar-refractivity contribution is 0.0303. The van der Waals surface area contributed by atoms with Crippen LogP contribution >= 0.6 is 0 Å². The third kappa shape index (κ3) is 5.73. The van der Waals surface area contributed by atoms with Crippen LogP contribution in [-0.2, 0) is 24.8 Å². The topological polar surface area (TPSA) is 99.4 Å². The number of aryl methyl sites for hydroxylation is 1. The summed E-state index contributed by atoms with van der Waals surface area (Å²) < 4.78 is 13.3. The number of rotatable bonds is 8. The van der Waals surface area contributed by atoms with E-state index < -0.39 is 0 Å². The summed E-state index contributed by atoms with van der Waals surface area (Å²) >= 11 is 0. The van der Waals surface area contributed by atoms with E-state index in [1.807, 2.05) is 43.6 Å². The van der Waals surface area contributed by atoms with Gasteiger partial charge >= 0.3 is 0 Å². The van der Waals surface area contributed by atoms with Gasteiger partial charge in [0.25, 0.3) is 5.91 Å². The molecule has 1 saturated heterocycles. The molecule has 0 radical (unpaired) electrons. The molecule has 0 aliphatic carbocycles. The number of carbonyl (C=O) groups excluding carboxylic acids is 2. The molecule has 0 unspecified atom stereocenters. The SMILES string of the molecule is Cn1cc(-c2cc(C(=O)Cc3ccnnc3)c(OCc3ccccc3)cc2C(=O)N2CCOCC2)cn1. The zero-order valence-electron chi connectivity index (χ0n) is 20.5. The molecule has 37 heavy (non-hydrogen) atoms. The first kappa shape index (κ1) is 24.3. The molecular weight excluding hydrogens is 470 g/mol. The number of ether oxygens (including phenoxy) is 2. The highest BCUT2D eigenvalue weighted by Gasteiger charge is 2.26. The highest BCUT2D eigenvalue weighted by atomic mass is 16.5. The maximum absolute atomic E-state index is 13.7. The Morgan fingerprint density at radius 3 is 2.49 bits per heavy atom. The van der Waals surface area contributed by atoms with Crippen molar-refractivity contribution in [3.63, 3.8) is 0 Å². The van der Waals surface area contributed by atoms with E-state index in [0.29, 0.717) is 48.7 Å². The number of carbonyl (C=O) groups is 2. The Kier molecular flexibility index (Phi) is 7.32. The molecule has 5 rings (SSSR count). The maximum Gasteiger partial charge on any atom is 0.254 e. The highest BCUT2D eigenvalue weighted by Crippen LogP contribution is 2.33. The highest BCUT2D eigenvalue weighted by molar-refractivity contribution is 6.06. The van der Waals surface area contributed by atoms with Gasteiger partial charge in [0.05, 0.1) is 36.7 Å². The van der Waals surface area contributed by atoms with Crippen LogP contribution in [0.25, 0.3) is 11.1 Å². The molecular formula is C28H27N5O4. The normalized spacial score (nSPS) is 13.4. The van der Waals surface area contributed by atoms with Gasteiger partial charge < -0.3 is 14.4 Å². The van der Waals surface area contributed by atoms with Gasteiger partial charge in [-0.3, -0.25) is 14.3 Å². The summed E-state index contributed by atoms with van der Waals surface area (Å²) in [5.74, 6) is 0.0794. The quantitative estimate of drug-likeness (QED) is 0.344. The van der Waals surface area contributed by atoms with Gasteiger partial charge in [-0.05, 0) is 34.9 Å². The van der Waals surface area contributed by atoms with Crippen molar-refractivity contribution in [2.45, 2.75) is 13.0 Å². The summed E-state index contributed by atoms with van der Waals surface area (Å²) in [5, 5.41) is 12.0. The zero-order chi connectivity index (χ0) is 25.6. The fraction of sp³-hybridized carbons (Fsp3) is 0.250. The van der Waals surface area contributed by atoms with E-state index in [-0.39, 0.29) is 24.7 Å². The molecule has 3 heterocycles. The predicted molar refractivity (Wildman–Crippen MR) is 136 cm³/mol. The first-order valence-electron chi connectivity index (χ1n) is 12.1. The lowest BCUT2D eigenvalue weighted by Gasteiger charge is -2.28. The lowest BCUT2D eigenvalue weighted by atomic mass is 9.94. The molecule has 1 fully saturated rings. The van der Waals surface area contributed by atoms with Crippen molar-refractivity contribution in [2.24, 2.45) is 7.05 Å². The van der Waals surface area contributed by atoms with Crippen LogP contribution in [0.1, 0.15) is 31.8 Å². The van der Waals surface area contributed by atoms with Gasteiger partial charge in [-0.15, -0.1) is 0 Å². The number of hydrogen-bond donors (Lipinski definition) is 0. The molecule has 0 atom stereocenters. The number of morpholine rings is 1. The van der Waals surface area contributed by atoms with Gasteiger partial charge in [-0.2, -0.15) is 15.3 Å². The summed E-state index contributed by atoms with van der Waals surface area (Å²) in [6.45, 7) is 2.24. The van der Waals surface area contributed by atoms with Crippen LogP contribution in [0.3, 0.4) is 0 Å². The van der Waals surface area contributed by atoms with E-state index >= 15 is 0 Å². The molecule has 9 heteroatoms. The van der Waals surface area contributed by atoms with Crippen molar-refractivity contribution in [3.05, 3.63) is 95.6 Å². The fourth-order valence-electron chi connectivity index (χ4n) is 4.27. The summed E-state index contributed by atoms with van der Waals surface area (Å²) in [5.41, 5.74) is 3.92. The fourth-order valence-corrected chi connectivity index (χ4v) is 4.27. The maximum atomic E-state index is 13.7. The van der Waals surface area contributed by atoms with E-state index in [9.17, 15) is 9.59 Å². The Labute approximate surface area is 214 Å². The molecule has 4 aromatic rings. The Bertz CT molecular complexity index is 1380. The molecule has 0 bridgehead atoms. The first-order chi connectivity index (χ1) is 18.1. The third-order valence-corrected chi connectivity index (χ3v) is 6.21. The van der Waals surface area contributed by atoms with Crippen molar-refractivity contribution >= 4 is 11.7 Å². The van der Waals surface area contributed by atoms with Gasteiger partial charge in [0.1, 0.15) is 12.4 Å². The van der Waals surface area contributed by atoms with E-state index in [2.05, 4.69) is 15.3 Å². The van der Waals surface area contributed by atoms with Gasteiger partial charge in [0.2, 0.25) is 0 Å². The summed E-state index contributed by atoms with van der Waals surface area (Å²) in [6.07, 6.45) is 6.77. The first-order valence-corrected chi connectivity index (χ1v) is 12.1. The molecule has 2 aromatic carbocycles. The molecule has 2 aromatic heterocycles. The molecule has 9 nitrogen and oxygen atoms in total. The predicted octanol–water partition coefficient (Wildman–Crippen LogP) is 3.35. The monoisotopic (exact) mass is 497 g/mol. The molecule has 1 aliphatic heterocycles. The summed E-state index contributed by atoms with van der Waals surface area (Å²) in [7, 11) is 1.81. The molecule has 188 valence electrons. The smallest absolute Gasteiger partial charge is 0.254 e. The van der Waals surface area contributed by atoms with Crippen LogP contribution in [0.2, 0.25) is 0 Å². The van der Waals surface area contributed by atoms with Gasteiger partial charge in [-0.1, -0.05) is 30.3 Å². The van der Waals surface area contributed by atoms with E-state index in [0.717, 1.165) is 16.7 Å². The minimum absolute atomic E-state index is 0.125. The number of Topliss-reactive ketones (excluding diaryl/α,β-unsaturated/α-hetero) is 1. The van der Waals surface area contributed by atoms with Crippen LogP contribution in [0, 0.1) is 0 Å². The van der Waals surface area contributed by atoms with Crippen LogP contribution < -0.4 is 4.74 Å². The Morgan fingerprint density at radius 1 is 0.973 bits per heavy atom. The number of aromatic nitrogens is 4. The number of amides is 1. The third-order valence-electron chi connectivity index (χ3n) is 6.21. The standard InChI is InChI=1S/C28H27N5O4/c1-32-18-22(17-31-32)23-14-25(26(34)13-21-7-8-29-30-16-21)27(37-19-20-5-3-2-4-6-20)15-24(23)28(35)33-9-11-36-12-10-33/h2-8,14-18H,9-13,19H2,1H3. The zero-order valence-corrected chi connectivity index (χ0v) is 20.5. The Hall–Kier alpha value is -4.37. The second-order valence-electron chi connectivity index (χ2n) is 8.83. The van der Waals surface area contributed by atoms with Crippen LogP contribution in [0.5, 0.6) is 5.75 Å². The largest absolute Gasteiger partial charge is 0.488 e. The van der Waals surface area contributed by atoms with Crippen molar-refractivity contribution < 1.29 is 19.1 Å². The van der Waals surface area contributed by atoms with Crippen LogP contribution in [0.4, 0.5) is 0 Å². The minimum atomic E-state index is -0.147. The van der Waals surface area contributed by atoms with Gasteiger partial charge in [-0.25, -0.2) is 0 Å². The van der Waals surface area contributed by atoms with Crippen LogP contribution in [0.15, 0.2) is 73.3 Å². The van der Waals surface area contributed by atoms with Crippen molar-refractivity contribution in [2.75, 3.05) is 26.3 Å². The number of benzene rings is 2. The van der Waals surface area contributed by atoms with Crippen molar-refractivity contribution in [3.8, 4) is 16.9 Å². The van der Waals surface area contributed by atoms with E-state index in [1.165, 1.54) is 0 Å². The second kappa shape index (κ2) is 11.1. The van der Waals surface area contributed by atoms with Crippen molar-refractivity contribution in [1.29, 1.82) is 0 Å².